The van der Waals surface area contributed by atoms with Crippen LogP contribution in [0.15, 0.2) is 47.6 Å². The first-order valence-corrected chi connectivity index (χ1v) is 10.0. The van der Waals surface area contributed by atoms with Gasteiger partial charge in [0.2, 0.25) is 0 Å². The normalized spacial score (nSPS) is 14.7. The van der Waals surface area contributed by atoms with E-state index in [4.69, 9.17) is 0 Å². The Kier molecular flexibility index (Phi) is 9.28. The van der Waals surface area contributed by atoms with Crippen molar-refractivity contribution in [1.82, 2.24) is 15.6 Å². The summed E-state index contributed by atoms with van der Waals surface area (Å²) in [5.41, 5.74) is 2.07. The third-order valence-corrected chi connectivity index (χ3v) is 4.94. The Morgan fingerprint density at radius 1 is 1.30 bits per heavy atom. The highest BCUT2D eigenvalue weighted by molar-refractivity contribution is 14.0. The van der Waals surface area contributed by atoms with Crippen molar-refractivity contribution in [1.29, 1.82) is 0 Å². The van der Waals surface area contributed by atoms with Gasteiger partial charge in [0, 0.05) is 44.0 Å². The number of aryl methyl sites for hydroxylation is 1. The topological polar surface area (TPSA) is 95.7 Å². The fraction of sp³-hybridized carbons (Fsp3) is 0.429. The highest BCUT2D eigenvalue weighted by Crippen LogP contribution is 2.18. The van der Waals surface area contributed by atoms with Gasteiger partial charge in [-0.2, -0.15) is 0 Å². The number of hydrogen-bond donors (Lipinski definition) is 2. The molecule has 2 aromatic rings. The minimum absolute atomic E-state index is 0. The van der Waals surface area contributed by atoms with Crippen molar-refractivity contribution < 1.29 is 4.92 Å². The van der Waals surface area contributed by atoms with Gasteiger partial charge in [-0.25, -0.2) is 9.98 Å². The lowest BCUT2D eigenvalue weighted by Gasteiger charge is -2.33. The quantitative estimate of drug-likeness (QED) is 0.197. The molecule has 2 heterocycles. The lowest BCUT2D eigenvalue weighted by atomic mass is 10.1. The van der Waals surface area contributed by atoms with Crippen molar-refractivity contribution in [2.75, 3.05) is 24.5 Å². The van der Waals surface area contributed by atoms with Gasteiger partial charge < -0.3 is 15.5 Å². The van der Waals surface area contributed by atoms with Gasteiger partial charge in [-0.3, -0.25) is 10.1 Å². The van der Waals surface area contributed by atoms with Crippen LogP contribution in [0.4, 0.5) is 11.5 Å². The SMILES string of the molecule is CCNC(=NCc1cccc([N+](=O)[O-])c1)NC1CCN(c2ccc(C)cn2)CC1.I. The molecule has 1 fully saturated rings. The third kappa shape index (κ3) is 6.82. The number of nitrogens with zero attached hydrogens (tertiary/aromatic N) is 4. The minimum Gasteiger partial charge on any atom is -0.357 e. The molecule has 0 atom stereocenters. The van der Waals surface area contributed by atoms with E-state index in [-0.39, 0.29) is 34.6 Å². The van der Waals surface area contributed by atoms with Gasteiger partial charge in [0.15, 0.2) is 5.96 Å². The molecule has 0 radical (unpaired) electrons. The van der Waals surface area contributed by atoms with Crippen LogP contribution in [0.1, 0.15) is 30.9 Å². The van der Waals surface area contributed by atoms with Crippen LogP contribution in [-0.2, 0) is 6.54 Å². The first-order valence-electron chi connectivity index (χ1n) is 10.0. The van der Waals surface area contributed by atoms with Crippen LogP contribution >= 0.6 is 24.0 Å². The highest BCUT2D eigenvalue weighted by atomic mass is 127. The smallest absolute Gasteiger partial charge is 0.269 e. The summed E-state index contributed by atoms with van der Waals surface area (Å²) in [7, 11) is 0. The van der Waals surface area contributed by atoms with Crippen LogP contribution in [0.2, 0.25) is 0 Å². The van der Waals surface area contributed by atoms with E-state index in [1.165, 1.54) is 11.6 Å². The summed E-state index contributed by atoms with van der Waals surface area (Å²) in [6.07, 6.45) is 3.90. The van der Waals surface area contributed by atoms with E-state index in [9.17, 15) is 10.1 Å². The van der Waals surface area contributed by atoms with Crippen molar-refractivity contribution in [3.8, 4) is 0 Å². The number of nitrogens with one attached hydrogen (secondary N) is 2. The molecule has 0 aliphatic carbocycles. The number of halogens is 1. The molecule has 8 nitrogen and oxygen atoms in total. The summed E-state index contributed by atoms with van der Waals surface area (Å²) in [6.45, 7) is 7.10. The minimum atomic E-state index is -0.382. The number of rotatable bonds is 6. The lowest BCUT2D eigenvalue weighted by Crippen LogP contribution is -2.48. The Labute approximate surface area is 194 Å². The molecule has 0 bridgehead atoms. The molecule has 9 heteroatoms. The van der Waals surface area contributed by atoms with Crippen LogP contribution in [0.25, 0.3) is 0 Å². The Hall–Kier alpha value is -2.43. The zero-order chi connectivity index (χ0) is 20.6. The third-order valence-electron chi connectivity index (χ3n) is 4.94. The Bertz CT molecular complexity index is 851. The van der Waals surface area contributed by atoms with E-state index in [1.54, 1.807) is 12.1 Å². The maximum absolute atomic E-state index is 10.9. The second-order valence-corrected chi connectivity index (χ2v) is 7.22. The fourth-order valence-corrected chi connectivity index (χ4v) is 3.35. The van der Waals surface area contributed by atoms with E-state index >= 15 is 0 Å². The van der Waals surface area contributed by atoms with Crippen LogP contribution < -0.4 is 15.5 Å². The van der Waals surface area contributed by atoms with Crippen molar-refractivity contribution in [2.24, 2.45) is 4.99 Å². The second kappa shape index (κ2) is 11.7. The summed E-state index contributed by atoms with van der Waals surface area (Å²) < 4.78 is 0. The number of benzene rings is 1. The van der Waals surface area contributed by atoms with Crippen molar-refractivity contribution in [3.63, 3.8) is 0 Å². The number of pyridine rings is 1. The summed E-state index contributed by atoms with van der Waals surface area (Å²) in [4.78, 5) is 22.0. The summed E-state index contributed by atoms with van der Waals surface area (Å²) in [6, 6.07) is 11.1. The van der Waals surface area contributed by atoms with Crippen molar-refractivity contribution in [3.05, 3.63) is 63.8 Å². The molecule has 0 amide bonds. The van der Waals surface area contributed by atoms with E-state index in [0.29, 0.717) is 12.6 Å². The number of nitro benzene ring substituents is 1. The number of aromatic nitrogens is 1. The maximum Gasteiger partial charge on any atom is 0.269 e. The highest BCUT2D eigenvalue weighted by Gasteiger charge is 2.20. The average molecular weight is 524 g/mol. The molecule has 1 aliphatic rings. The first kappa shape index (κ1) is 23.8. The molecule has 2 N–H and O–H groups in total. The lowest BCUT2D eigenvalue weighted by molar-refractivity contribution is -0.384. The van der Waals surface area contributed by atoms with E-state index in [1.807, 2.05) is 26.1 Å². The van der Waals surface area contributed by atoms with Gasteiger partial charge in [0.05, 0.1) is 11.5 Å². The number of aliphatic imine (C=N–C) groups is 1. The van der Waals surface area contributed by atoms with Gasteiger partial charge in [-0.15, -0.1) is 24.0 Å². The number of non-ortho nitro benzene ring substituents is 1. The molecular formula is C21H29IN6O2. The van der Waals surface area contributed by atoms with Crippen LogP contribution in [0.3, 0.4) is 0 Å². The zero-order valence-corrected chi connectivity index (χ0v) is 19.7. The molecule has 1 saturated heterocycles. The summed E-state index contributed by atoms with van der Waals surface area (Å²) in [5, 5.41) is 17.7. The van der Waals surface area contributed by atoms with Crippen LogP contribution in [0.5, 0.6) is 0 Å². The van der Waals surface area contributed by atoms with Crippen molar-refractivity contribution in [2.45, 2.75) is 39.3 Å². The van der Waals surface area contributed by atoms with Gasteiger partial charge in [-0.05, 0) is 43.9 Å². The Morgan fingerprint density at radius 3 is 2.70 bits per heavy atom. The second-order valence-electron chi connectivity index (χ2n) is 7.22. The fourth-order valence-electron chi connectivity index (χ4n) is 3.35. The van der Waals surface area contributed by atoms with E-state index < -0.39 is 0 Å². The standard InChI is InChI=1S/C21H28N6O2.HI/c1-3-22-21(24-15-17-5-4-6-19(13-17)27(28)29)25-18-9-11-26(12-10-18)20-8-7-16(2)14-23-20;/h4-8,13-14,18H,3,9-12,15H2,1-2H3,(H2,22,24,25);1H. The zero-order valence-electron chi connectivity index (χ0n) is 17.4. The first-order chi connectivity index (χ1) is 14.0. The molecule has 162 valence electrons. The predicted octanol–water partition coefficient (Wildman–Crippen LogP) is 3.64. The van der Waals surface area contributed by atoms with Gasteiger partial charge >= 0.3 is 0 Å². The molecule has 30 heavy (non-hydrogen) atoms. The number of nitro groups is 1. The summed E-state index contributed by atoms with van der Waals surface area (Å²) in [5.74, 6) is 1.77. The molecule has 1 aromatic heterocycles. The molecule has 0 saturated carbocycles. The Balaban J connectivity index is 0.00000320. The number of anilines is 1. The molecule has 1 aliphatic heterocycles. The monoisotopic (exact) mass is 524 g/mol. The maximum atomic E-state index is 10.9. The Morgan fingerprint density at radius 2 is 2.07 bits per heavy atom. The largest absolute Gasteiger partial charge is 0.357 e. The number of guanidine groups is 1. The molecule has 0 unspecified atom stereocenters. The van der Waals surface area contributed by atoms with Gasteiger partial charge in [0.1, 0.15) is 5.82 Å². The molecule has 3 rings (SSSR count). The summed E-state index contributed by atoms with van der Waals surface area (Å²) >= 11 is 0. The van der Waals surface area contributed by atoms with Crippen LogP contribution in [-0.4, -0.2) is 41.5 Å². The van der Waals surface area contributed by atoms with E-state index in [2.05, 4.69) is 37.6 Å². The van der Waals surface area contributed by atoms with Gasteiger partial charge in [0.25, 0.3) is 5.69 Å². The number of piperidine rings is 1. The van der Waals surface area contributed by atoms with Crippen molar-refractivity contribution >= 4 is 41.4 Å². The predicted molar refractivity (Wildman–Crippen MR) is 131 cm³/mol. The van der Waals surface area contributed by atoms with Gasteiger partial charge in [-0.1, -0.05) is 18.2 Å². The van der Waals surface area contributed by atoms with E-state index in [0.717, 1.165) is 49.8 Å². The molecule has 1 aromatic carbocycles. The molecule has 0 spiro atoms. The molecular weight excluding hydrogens is 495 g/mol. The average Bonchev–Trinajstić information content (AvgIpc) is 2.73. The van der Waals surface area contributed by atoms with Crippen LogP contribution in [0, 0.1) is 17.0 Å². The number of hydrogen-bond acceptors (Lipinski definition) is 5.